The quantitative estimate of drug-likeness (QED) is 0.800. The molecular weight excluding hydrogens is 328 g/mol. The van der Waals surface area contributed by atoms with E-state index in [0.29, 0.717) is 17.7 Å². The number of piperazine rings is 1. The van der Waals surface area contributed by atoms with Crippen LogP contribution in [0.25, 0.3) is 0 Å². The van der Waals surface area contributed by atoms with E-state index in [-0.39, 0.29) is 30.2 Å². The highest BCUT2D eigenvalue weighted by molar-refractivity contribution is 6.03. The van der Waals surface area contributed by atoms with Crippen LogP contribution in [-0.4, -0.2) is 41.6 Å². The van der Waals surface area contributed by atoms with E-state index in [0.717, 1.165) is 11.3 Å². The minimum absolute atomic E-state index is 0.0260. The molecule has 0 spiro atoms. The van der Waals surface area contributed by atoms with Gasteiger partial charge in [-0.1, -0.05) is 29.8 Å². The number of Topliss-reactive ketones (excluding diaryl/α,β-unsaturated/α-hetero) is 1. The Morgan fingerprint density at radius 2 is 1.69 bits per heavy atom. The molecule has 26 heavy (non-hydrogen) atoms. The van der Waals surface area contributed by atoms with Crippen molar-refractivity contribution >= 4 is 23.3 Å². The van der Waals surface area contributed by atoms with Gasteiger partial charge in [-0.25, -0.2) is 0 Å². The Kier molecular flexibility index (Phi) is 4.89. The maximum atomic E-state index is 12.9. The first kappa shape index (κ1) is 17.9. The van der Waals surface area contributed by atoms with Crippen molar-refractivity contribution in [2.75, 3.05) is 18.0 Å². The molecule has 1 atom stereocenters. The molecule has 134 valence electrons. The van der Waals surface area contributed by atoms with Crippen molar-refractivity contribution in [3.8, 4) is 0 Å². The van der Waals surface area contributed by atoms with Crippen LogP contribution >= 0.6 is 0 Å². The Morgan fingerprint density at radius 1 is 1.04 bits per heavy atom. The van der Waals surface area contributed by atoms with E-state index < -0.39 is 0 Å². The van der Waals surface area contributed by atoms with E-state index in [1.165, 1.54) is 6.92 Å². The zero-order chi connectivity index (χ0) is 18.8. The number of hydrogen-bond acceptors (Lipinski definition) is 3. The summed E-state index contributed by atoms with van der Waals surface area (Å²) in [6.45, 7) is 5.87. The third kappa shape index (κ3) is 3.52. The lowest BCUT2D eigenvalue weighted by molar-refractivity contribution is -0.121. The second-order valence-corrected chi connectivity index (χ2v) is 6.76. The number of rotatable bonds is 3. The van der Waals surface area contributed by atoms with E-state index in [2.05, 4.69) is 0 Å². The minimum Gasteiger partial charge on any atom is -0.325 e. The highest BCUT2D eigenvalue weighted by atomic mass is 16.2. The molecule has 0 saturated carbocycles. The van der Waals surface area contributed by atoms with Crippen LogP contribution in [0, 0.1) is 6.92 Å². The zero-order valence-corrected chi connectivity index (χ0v) is 15.2. The van der Waals surface area contributed by atoms with Crippen molar-refractivity contribution in [2.45, 2.75) is 26.8 Å². The molecule has 1 fully saturated rings. The van der Waals surface area contributed by atoms with Crippen molar-refractivity contribution in [1.82, 2.24) is 4.90 Å². The number of amides is 2. The van der Waals surface area contributed by atoms with Crippen LogP contribution in [0.5, 0.6) is 0 Å². The van der Waals surface area contributed by atoms with E-state index in [9.17, 15) is 14.4 Å². The first-order valence-corrected chi connectivity index (χ1v) is 8.66. The monoisotopic (exact) mass is 350 g/mol. The van der Waals surface area contributed by atoms with Crippen LogP contribution in [0.1, 0.15) is 40.1 Å². The maximum absolute atomic E-state index is 12.9. The Balaban J connectivity index is 1.80. The lowest BCUT2D eigenvalue weighted by atomic mass is 10.0. The van der Waals surface area contributed by atoms with Crippen LogP contribution in [-0.2, 0) is 4.79 Å². The highest BCUT2D eigenvalue weighted by Gasteiger charge is 2.33. The van der Waals surface area contributed by atoms with Gasteiger partial charge < -0.3 is 9.80 Å². The third-order valence-electron chi connectivity index (χ3n) is 4.71. The van der Waals surface area contributed by atoms with Gasteiger partial charge in [0.15, 0.2) is 5.78 Å². The number of carbonyl (C=O) groups excluding carboxylic acids is 3. The average Bonchev–Trinajstić information content (AvgIpc) is 2.63. The van der Waals surface area contributed by atoms with Gasteiger partial charge in [-0.3, -0.25) is 14.4 Å². The Bertz CT molecular complexity index is 858. The first-order chi connectivity index (χ1) is 12.4. The molecule has 0 radical (unpaired) electrons. The maximum Gasteiger partial charge on any atom is 0.254 e. The van der Waals surface area contributed by atoms with Gasteiger partial charge >= 0.3 is 0 Å². The molecule has 2 aromatic carbocycles. The summed E-state index contributed by atoms with van der Waals surface area (Å²) < 4.78 is 0. The van der Waals surface area contributed by atoms with Crippen molar-refractivity contribution in [2.24, 2.45) is 0 Å². The van der Waals surface area contributed by atoms with Gasteiger partial charge in [0.2, 0.25) is 5.91 Å². The van der Waals surface area contributed by atoms with Gasteiger partial charge in [0.1, 0.15) is 6.54 Å². The summed E-state index contributed by atoms with van der Waals surface area (Å²) in [6, 6.07) is 14.3. The standard InChI is InChI=1S/C21H22N2O3/c1-14-7-9-19(10-8-14)23-12-15(2)22(13-20(23)25)21(26)18-6-4-5-17(11-18)16(3)24/h4-11,15H,12-13H2,1-3H3/t15-/m1/s1. The fraction of sp³-hybridized carbons (Fsp3) is 0.286. The van der Waals surface area contributed by atoms with Crippen LogP contribution in [0.15, 0.2) is 48.5 Å². The molecule has 1 heterocycles. The number of hydrogen-bond donors (Lipinski definition) is 0. The Labute approximate surface area is 153 Å². The molecule has 0 bridgehead atoms. The SMILES string of the molecule is CC(=O)c1cccc(C(=O)N2CC(=O)N(c3ccc(C)cc3)C[C@H]2C)c1. The second-order valence-electron chi connectivity index (χ2n) is 6.76. The molecule has 0 aromatic heterocycles. The lowest BCUT2D eigenvalue weighted by Crippen LogP contribution is -2.57. The summed E-state index contributed by atoms with van der Waals surface area (Å²) in [5.41, 5.74) is 2.90. The van der Waals surface area contributed by atoms with E-state index in [1.54, 1.807) is 34.1 Å². The smallest absolute Gasteiger partial charge is 0.254 e. The van der Waals surface area contributed by atoms with Gasteiger partial charge in [-0.05, 0) is 45.0 Å². The van der Waals surface area contributed by atoms with Crippen molar-refractivity contribution < 1.29 is 14.4 Å². The fourth-order valence-electron chi connectivity index (χ4n) is 3.13. The van der Waals surface area contributed by atoms with Crippen molar-refractivity contribution in [3.05, 3.63) is 65.2 Å². The lowest BCUT2D eigenvalue weighted by Gasteiger charge is -2.39. The van der Waals surface area contributed by atoms with E-state index >= 15 is 0 Å². The topological polar surface area (TPSA) is 57.7 Å². The third-order valence-corrected chi connectivity index (χ3v) is 4.71. The zero-order valence-electron chi connectivity index (χ0n) is 15.2. The summed E-state index contributed by atoms with van der Waals surface area (Å²) >= 11 is 0. The summed E-state index contributed by atoms with van der Waals surface area (Å²) in [4.78, 5) is 40.3. The first-order valence-electron chi connectivity index (χ1n) is 8.66. The number of anilines is 1. The molecule has 2 aromatic rings. The second kappa shape index (κ2) is 7.12. The predicted octanol–water partition coefficient (Wildman–Crippen LogP) is 3.08. The average molecular weight is 350 g/mol. The highest BCUT2D eigenvalue weighted by Crippen LogP contribution is 2.22. The molecule has 5 nitrogen and oxygen atoms in total. The Hall–Kier alpha value is -2.95. The number of carbonyl (C=O) groups is 3. The normalized spacial score (nSPS) is 17.3. The molecule has 2 amide bonds. The molecule has 1 saturated heterocycles. The molecule has 3 rings (SSSR count). The van der Waals surface area contributed by atoms with Crippen LogP contribution in [0.4, 0.5) is 5.69 Å². The molecule has 5 heteroatoms. The van der Waals surface area contributed by atoms with Crippen molar-refractivity contribution in [3.63, 3.8) is 0 Å². The van der Waals surface area contributed by atoms with Gasteiger partial charge in [0.05, 0.1) is 0 Å². The summed E-state index contributed by atoms with van der Waals surface area (Å²) in [5, 5.41) is 0. The fourth-order valence-corrected chi connectivity index (χ4v) is 3.13. The number of aryl methyl sites for hydroxylation is 1. The van der Waals surface area contributed by atoms with Crippen LogP contribution < -0.4 is 4.90 Å². The molecule has 0 aliphatic carbocycles. The van der Waals surface area contributed by atoms with Crippen molar-refractivity contribution in [1.29, 1.82) is 0 Å². The molecule has 1 aliphatic rings. The van der Waals surface area contributed by atoms with Crippen LogP contribution in [0.3, 0.4) is 0 Å². The van der Waals surface area contributed by atoms with E-state index in [1.807, 2.05) is 38.1 Å². The van der Waals surface area contributed by atoms with Gasteiger partial charge in [0.25, 0.3) is 5.91 Å². The Morgan fingerprint density at radius 3 is 2.35 bits per heavy atom. The number of benzene rings is 2. The summed E-state index contributed by atoms with van der Waals surface area (Å²) in [7, 11) is 0. The van der Waals surface area contributed by atoms with Gasteiger partial charge in [-0.2, -0.15) is 0 Å². The molecule has 0 N–H and O–H groups in total. The minimum atomic E-state index is -0.225. The molecule has 1 aliphatic heterocycles. The summed E-state index contributed by atoms with van der Waals surface area (Å²) in [6.07, 6.45) is 0. The number of nitrogens with zero attached hydrogens (tertiary/aromatic N) is 2. The predicted molar refractivity (Wildman–Crippen MR) is 100 cm³/mol. The largest absolute Gasteiger partial charge is 0.325 e. The summed E-state index contributed by atoms with van der Waals surface area (Å²) in [5.74, 6) is -0.423. The van der Waals surface area contributed by atoms with E-state index in [4.69, 9.17) is 0 Å². The molecule has 0 unspecified atom stereocenters. The van der Waals surface area contributed by atoms with Gasteiger partial charge in [-0.15, -0.1) is 0 Å². The van der Waals surface area contributed by atoms with Crippen LogP contribution in [0.2, 0.25) is 0 Å². The molecular formula is C21H22N2O3. The number of ketones is 1. The van der Waals surface area contributed by atoms with Gasteiger partial charge in [0, 0.05) is 29.4 Å².